The van der Waals surface area contributed by atoms with Crippen molar-refractivity contribution < 1.29 is 14.4 Å². The molecule has 1 aromatic carbocycles. The molecule has 0 fully saturated rings. The maximum atomic E-state index is 12.2. The van der Waals surface area contributed by atoms with Crippen molar-refractivity contribution in [3.63, 3.8) is 0 Å². The van der Waals surface area contributed by atoms with Gasteiger partial charge in [0.2, 0.25) is 0 Å². The highest BCUT2D eigenvalue weighted by Gasteiger charge is 1.84. The number of hydrogen-bond acceptors (Lipinski definition) is 2. The molecular formula is C7H9BFO2. The van der Waals surface area contributed by atoms with Gasteiger partial charge in [-0.15, -0.1) is 0 Å². The van der Waals surface area contributed by atoms with Gasteiger partial charge in [-0.3, -0.25) is 0 Å². The van der Waals surface area contributed by atoms with E-state index in [1.54, 1.807) is 6.07 Å². The lowest BCUT2D eigenvalue weighted by Crippen LogP contribution is -1.75. The number of benzene rings is 1. The Morgan fingerprint density at radius 1 is 1.36 bits per heavy atom. The molecule has 0 saturated carbocycles. The number of aryl methyl sites for hydroxylation is 1. The van der Waals surface area contributed by atoms with E-state index < -0.39 is 0 Å². The summed E-state index contributed by atoms with van der Waals surface area (Å²) in [4.78, 5) is 0. The molecule has 11 heavy (non-hydrogen) atoms. The summed E-state index contributed by atoms with van der Waals surface area (Å²) in [5, 5.41) is 14.0. The fourth-order valence-corrected chi connectivity index (χ4v) is 0.606. The van der Waals surface area contributed by atoms with Crippen molar-refractivity contribution in [2.45, 2.75) is 6.92 Å². The Bertz CT molecular complexity index is 188. The molecule has 59 valence electrons. The Morgan fingerprint density at radius 3 is 2.18 bits per heavy atom. The van der Waals surface area contributed by atoms with Gasteiger partial charge in [-0.2, -0.15) is 0 Å². The lowest BCUT2D eigenvalue weighted by molar-refractivity contribution is 0.448. The minimum absolute atomic E-state index is 0. The second-order valence-electron chi connectivity index (χ2n) is 1.91. The molecule has 0 aliphatic rings. The molecule has 0 saturated heterocycles. The Labute approximate surface area is 65.6 Å². The zero-order valence-electron chi connectivity index (χ0n) is 6.16. The van der Waals surface area contributed by atoms with Gasteiger partial charge in [-0.25, -0.2) is 4.39 Å². The third-order valence-corrected chi connectivity index (χ3v) is 0.980. The van der Waals surface area contributed by atoms with Gasteiger partial charge in [0.15, 0.2) is 0 Å². The fourth-order valence-electron chi connectivity index (χ4n) is 0.606. The van der Waals surface area contributed by atoms with E-state index >= 15 is 0 Å². The minimum Gasteiger partial charge on any atom is -0.429 e. The molecule has 4 heteroatoms. The molecule has 0 atom stereocenters. The summed E-state index contributed by atoms with van der Waals surface area (Å²) in [6.45, 7) is 1.86. The van der Waals surface area contributed by atoms with Crippen LogP contribution >= 0.6 is 0 Å². The summed E-state index contributed by atoms with van der Waals surface area (Å²) in [5.41, 5.74) is 0.963. The van der Waals surface area contributed by atoms with Crippen LogP contribution < -0.4 is 0 Å². The molecule has 2 nitrogen and oxygen atoms in total. The van der Waals surface area contributed by atoms with Crippen LogP contribution in [-0.2, 0) is 0 Å². The SMILES string of the molecule is Cc1cccc(F)c1.O[B]O. The normalized spacial score (nSPS) is 8.00. The first-order valence-corrected chi connectivity index (χ1v) is 3.03. The van der Waals surface area contributed by atoms with E-state index in [0.717, 1.165) is 5.56 Å². The van der Waals surface area contributed by atoms with E-state index in [4.69, 9.17) is 10.0 Å². The largest absolute Gasteiger partial charge is 0.482 e. The monoisotopic (exact) mass is 155 g/mol. The van der Waals surface area contributed by atoms with Crippen molar-refractivity contribution >= 4 is 7.69 Å². The van der Waals surface area contributed by atoms with Gasteiger partial charge < -0.3 is 10.0 Å². The first kappa shape index (κ1) is 10.1. The van der Waals surface area contributed by atoms with Gasteiger partial charge in [0.05, 0.1) is 0 Å². The quantitative estimate of drug-likeness (QED) is 0.539. The van der Waals surface area contributed by atoms with Crippen molar-refractivity contribution in [3.8, 4) is 0 Å². The summed E-state index contributed by atoms with van der Waals surface area (Å²) >= 11 is 0. The van der Waals surface area contributed by atoms with E-state index in [-0.39, 0.29) is 13.5 Å². The summed E-state index contributed by atoms with van der Waals surface area (Å²) < 4.78 is 12.2. The molecule has 0 bridgehead atoms. The van der Waals surface area contributed by atoms with Crippen LogP contribution in [0, 0.1) is 12.7 Å². The Balaban J connectivity index is 0.000000292. The topological polar surface area (TPSA) is 40.5 Å². The number of hydrogen-bond donors (Lipinski definition) is 2. The van der Waals surface area contributed by atoms with E-state index in [9.17, 15) is 4.39 Å². The standard InChI is InChI=1S/C7H7F.BH2O2/c1-6-3-2-4-7(8)5-6;2-1-3/h2-5H,1H3;2-3H. The molecule has 0 aliphatic heterocycles. The van der Waals surface area contributed by atoms with E-state index in [0.29, 0.717) is 0 Å². The molecular weight excluding hydrogens is 146 g/mol. The summed E-state index contributed by atoms with van der Waals surface area (Å²) in [6, 6.07) is 6.50. The predicted molar refractivity (Wildman–Crippen MR) is 41.3 cm³/mol. The highest BCUT2D eigenvalue weighted by Crippen LogP contribution is 1.99. The lowest BCUT2D eigenvalue weighted by Gasteiger charge is -1.87. The van der Waals surface area contributed by atoms with Crippen LogP contribution in [0.3, 0.4) is 0 Å². The molecule has 0 unspecified atom stereocenters. The molecule has 1 rings (SSSR count). The van der Waals surface area contributed by atoms with Gasteiger partial charge in [0.1, 0.15) is 5.82 Å². The summed E-state index contributed by atoms with van der Waals surface area (Å²) in [7, 11) is 0. The first-order valence-electron chi connectivity index (χ1n) is 3.03. The molecule has 0 amide bonds. The molecule has 0 aromatic heterocycles. The second kappa shape index (κ2) is 5.89. The van der Waals surface area contributed by atoms with Crippen LogP contribution in [0.5, 0.6) is 0 Å². The van der Waals surface area contributed by atoms with Crippen molar-refractivity contribution in [1.29, 1.82) is 0 Å². The van der Waals surface area contributed by atoms with Gasteiger partial charge in [-0.1, -0.05) is 12.1 Å². The van der Waals surface area contributed by atoms with Crippen LogP contribution in [0.15, 0.2) is 24.3 Å². The van der Waals surface area contributed by atoms with Crippen LogP contribution in [-0.4, -0.2) is 17.7 Å². The van der Waals surface area contributed by atoms with Crippen molar-refractivity contribution in [1.82, 2.24) is 0 Å². The van der Waals surface area contributed by atoms with Crippen LogP contribution in [0.4, 0.5) is 4.39 Å². The Hall–Kier alpha value is -0.865. The first-order chi connectivity index (χ1) is 5.20. The van der Waals surface area contributed by atoms with Gasteiger partial charge >= 0.3 is 7.69 Å². The molecule has 2 N–H and O–H groups in total. The Kier molecular flexibility index (Phi) is 5.42. The fraction of sp³-hybridized carbons (Fsp3) is 0.143. The van der Waals surface area contributed by atoms with Gasteiger partial charge in [0.25, 0.3) is 0 Å². The van der Waals surface area contributed by atoms with Crippen molar-refractivity contribution in [2.24, 2.45) is 0 Å². The van der Waals surface area contributed by atoms with Crippen LogP contribution in [0.2, 0.25) is 0 Å². The highest BCUT2D eigenvalue weighted by atomic mass is 19.1. The average molecular weight is 155 g/mol. The highest BCUT2D eigenvalue weighted by molar-refractivity contribution is 6.13. The average Bonchev–Trinajstić information content (AvgIpc) is 1.88. The number of halogens is 1. The zero-order chi connectivity index (χ0) is 8.69. The van der Waals surface area contributed by atoms with Gasteiger partial charge in [0, 0.05) is 0 Å². The maximum absolute atomic E-state index is 12.2. The van der Waals surface area contributed by atoms with Crippen molar-refractivity contribution in [2.75, 3.05) is 0 Å². The molecule has 1 aromatic rings. The Morgan fingerprint density at radius 2 is 1.91 bits per heavy atom. The van der Waals surface area contributed by atoms with E-state index in [1.807, 2.05) is 13.0 Å². The van der Waals surface area contributed by atoms with E-state index in [2.05, 4.69) is 0 Å². The third-order valence-electron chi connectivity index (χ3n) is 0.980. The molecule has 0 aliphatic carbocycles. The predicted octanol–water partition coefficient (Wildman–Crippen LogP) is 0.639. The molecule has 0 heterocycles. The van der Waals surface area contributed by atoms with E-state index in [1.165, 1.54) is 12.1 Å². The minimum atomic E-state index is -0.162. The molecule has 0 spiro atoms. The summed E-state index contributed by atoms with van der Waals surface area (Å²) in [5.74, 6) is -0.162. The third kappa shape index (κ3) is 5.57. The smallest absolute Gasteiger partial charge is 0.429 e. The second-order valence-corrected chi connectivity index (χ2v) is 1.91. The maximum Gasteiger partial charge on any atom is 0.482 e. The zero-order valence-corrected chi connectivity index (χ0v) is 6.16. The van der Waals surface area contributed by atoms with Crippen molar-refractivity contribution in [3.05, 3.63) is 35.6 Å². The van der Waals surface area contributed by atoms with Crippen LogP contribution in [0.1, 0.15) is 5.56 Å². The number of rotatable bonds is 0. The van der Waals surface area contributed by atoms with Crippen LogP contribution in [0.25, 0.3) is 0 Å². The summed E-state index contributed by atoms with van der Waals surface area (Å²) in [6.07, 6.45) is 0. The molecule has 1 radical (unpaired) electrons. The lowest BCUT2D eigenvalue weighted by atomic mass is 10.2. The van der Waals surface area contributed by atoms with Gasteiger partial charge in [-0.05, 0) is 24.6 Å².